The summed E-state index contributed by atoms with van der Waals surface area (Å²) in [6.07, 6.45) is 9.13. The van der Waals surface area contributed by atoms with E-state index < -0.39 is 0 Å². The lowest BCUT2D eigenvalue weighted by Gasteiger charge is -2.13. The highest BCUT2D eigenvalue weighted by Gasteiger charge is 2.51. The highest BCUT2D eigenvalue weighted by atomic mass is 16.3. The average Bonchev–Trinajstić information content (AvgIpc) is 2.44. The zero-order valence-electron chi connectivity index (χ0n) is 5.51. The van der Waals surface area contributed by atoms with Gasteiger partial charge in [0.2, 0.25) is 0 Å². The Kier molecular flexibility index (Phi) is 0.974. The first-order chi connectivity index (χ1) is 4.33. The summed E-state index contributed by atoms with van der Waals surface area (Å²) in [5.41, 5.74) is 0.262. The molecule has 1 heteroatoms. The second-order valence-electron chi connectivity index (χ2n) is 3.25. The van der Waals surface area contributed by atoms with Crippen LogP contribution in [-0.2, 0) is 0 Å². The molecule has 2 unspecified atom stereocenters. The molecule has 0 saturated heterocycles. The van der Waals surface area contributed by atoms with E-state index in [1.165, 1.54) is 19.3 Å². The van der Waals surface area contributed by atoms with Gasteiger partial charge in [0.25, 0.3) is 0 Å². The van der Waals surface area contributed by atoms with Crippen LogP contribution in [0.5, 0.6) is 0 Å². The lowest BCUT2D eigenvalue weighted by Crippen LogP contribution is -2.05. The zero-order valence-corrected chi connectivity index (χ0v) is 5.51. The van der Waals surface area contributed by atoms with Gasteiger partial charge in [0.05, 0.1) is 6.10 Å². The van der Waals surface area contributed by atoms with Crippen molar-refractivity contribution in [3.05, 3.63) is 12.2 Å². The van der Waals surface area contributed by atoms with Crippen LogP contribution in [0.3, 0.4) is 0 Å². The van der Waals surface area contributed by atoms with Crippen LogP contribution in [0.2, 0.25) is 0 Å². The van der Waals surface area contributed by atoms with Crippen molar-refractivity contribution in [2.24, 2.45) is 5.41 Å². The number of rotatable bonds is 0. The van der Waals surface area contributed by atoms with Crippen molar-refractivity contribution in [1.82, 2.24) is 0 Å². The molecule has 1 fully saturated rings. The van der Waals surface area contributed by atoms with Crippen LogP contribution in [0.25, 0.3) is 0 Å². The minimum absolute atomic E-state index is 0.00551. The molecule has 2 atom stereocenters. The third kappa shape index (κ3) is 0.715. The van der Waals surface area contributed by atoms with Gasteiger partial charge in [-0.3, -0.25) is 0 Å². The lowest BCUT2D eigenvalue weighted by molar-refractivity contribution is 0.230. The van der Waals surface area contributed by atoms with Crippen LogP contribution in [0.1, 0.15) is 25.7 Å². The summed E-state index contributed by atoms with van der Waals surface area (Å²) in [7, 11) is 0. The molecule has 0 bridgehead atoms. The molecule has 9 heavy (non-hydrogen) atoms. The van der Waals surface area contributed by atoms with E-state index in [1.807, 2.05) is 0 Å². The van der Waals surface area contributed by atoms with Gasteiger partial charge in [0.1, 0.15) is 0 Å². The average molecular weight is 124 g/mol. The van der Waals surface area contributed by atoms with Crippen LogP contribution >= 0.6 is 0 Å². The molecule has 0 amide bonds. The van der Waals surface area contributed by atoms with E-state index in [0.29, 0.717) is 0 Å². The minimum Gasteiger partial charge on any atom is -0.392 e. The summed E-state index contributed by atoms with van der Waals surface area (Å²) in [6, 6.07) is 0. The number of hydrogen-bond acceptors (Lipinski definition) is 1. The molecule has 2 aliphatic carbocycles. The Morgan fingerprint density at radius 1 is 1.56 bits per heavy atom. The Labute approximate surface area is 55.4 Å². The zero-order chi connectivity index (χ0) is 6.32. The number of aliphatic hydroxyl groups excluding tert-OH is 1. The van der Waals surface area contributed by atoms with E-state index in [9.17, 15) is 5.11 Å². The Morgan fingerprint density at radius 2 is 2.33 bits per heavy atom. The molecule has 50 valence electrons. The molecular weight excluding hydrogens is 112 g/mol. The van der Waals surface area contributed by atoms with E-state index in [4.69, 9.17) is 0 Å². The van der Waals surface area contributed by atoms with Crippen molar-refractivity contribution in [3.63, 3.8) is 0 Å². The maximum atomic E-state index is 9.19. The van der Waals surface area contributed by atoms with Crippen molar-refractivity contribution in [1.29, 1.82) is 0 Å². The minimum atomic E-state index is -0.00551. The fourth-order valence-electron chi connectivity index (χ4n) is 1.70. The highest BCUT2D eigenvalue weighted by molar-refractivity contribution is 5.17. The van der Waals surface area contributed by atoms with Gasteiger partial charge in [-0.15, -0.1) is 0 Å². The van der Waals surface area contributed by atoms with Gasteiger partial charge < -0.3 is 5.11 Å². The van der Waals surface area contributed by atoms with E-state index >= 15 is 0 Å². The topological polar surface area (TPSA) is 20.2 Å². The monoisotopic (exact) mass is 124 g/mol. The predicted molar refractivity (Wildman–Crippen MR) is 36.0 cm³/mol. The second kappa shape index (κ2) is 1.60. The normalized spacial score (nSPS) is 47.9. The third-order valence-corrected chi connectivity index (χ3v) is 2.54. The predicted octanol–water partition coefficient (Wildman–Crippen LogP) is 1.48. The van der Waals surface area contributed by atoms with Crippen LogP contribution in [-0.4, -0.2) is 11.2 Å². The van der Waals surface area contributed by atoms with Gasteiger partial charge in [-0.1, -0.05) is 12.2 Å². The van der Waals surface area contributed by atoms with Crippen molar-refractivity contribution in [2.45, 2.75) is 31.8 Å². The molecule has 2 aliphatic rings. The molecular formula is C8H12O. The Morgan fingerprint density at radius 3 is 2.67 bits per heavy atom. The number of allylic oxidation sites excluding steroid dienone is 1. The summed E-state index contributed by atoms with van der Waals surface area (Å²) in [5, 5.41) is 9.19. The van der Waals surface area contributed by atoms with Crippen molar-refractivity contribution in [3.8, 4) is 0 Å². The van der Waals surface area contributed by atoms with E-state index in [1.54, 1.807) is 0 Å². The Hall–Kier alpha value is -0.300. The molecule has 0 aromatic heterocycles. The van der Waals surface area contributed by atoms with Gasteiger partial charge in [-0.05, 0) is 25.7 Å². The molecule has 1 N–H and O–H groups in total. The molecule has 1 spiro atoms. The molecule has 1 saturated carbocycles. The molecule has 1 nitrogen and oxygen atoms in total. The van der Waals surface area contributed by atoms with E-state index in [2.05, 4.69) is 12.2 Å². The molecule has 0 aromatic rings. The summed E-state index contributed by atoms with van der Waals surface area (Å²) in [4.78, 5) is 0. The van der Waals surface area contributed by atoms with Crippen molar-refractivity contribution < 1.29 is 5.11 Å². The SMILES string of the molecule is OC1CC12C=CCCC2. The molecule has 2 rings (SSSR count). The molecule has 0 aliphatic heterocycles. The second-order valence-corrected chi connectivity index (χ2v) is 3.25. The molecule has 0 radical (unpaired) electrons. The van der Waals surface area contributed by atoms with Crippen LogP contribution in [0.4, 0.5) is 0 Å². The van der Waals surface area contributed by atoms with Crippen molar-refractivity contribution in [2.75, 3.05) is 0 Å². The fourth-order valence-corrected chi connectivity index (χ4v) is 1.70. The Balaban J connectivity index is 2.13. The first-order valence-corrected chi connectivity index (χ1v) is 3.69. The number of aliphatic hydroxyl groups is 1. The van der Waals surface area contributed by atoms with Gasteiger partial charge in [-0.2, -0.15) is 0 Å². The Bertz CT molecular complexity index is 151. The largest absolute Gasteiger partial charge is 0.392 e. The van der Waals surface area contributed by atoms with E-state index in [0.717, 1.165) is 6.42 Å². The van der Waals surface area contributed by atoms with Gasteiger partial charge in [-0.25, -0.2) is 0 Å². The third-order valence-electron chi connectivity index (χ3n) is 2.54. The van der Waals surface area contributed by atoms with Crippen LogP contribution in [0.15, 0.2) is 12.2 Å². The molecule has 0 heterocycles. The van der Waals surface area contributed by atoms with Gasteiger partial charge in [0, 0.05) is 5.41 Å². The quantitative estimate of drug-likeness (QED) is 0.485. The summed E-state index contributed by atoms with van der Waals surface area (Å²) >= 11 is 0. The first-order valence-electron chi connectivity index (χ1n) is 3.69. The molecule has 0 aromatic carbocycles. The van der Waals surface area contributed by atoms with Gasteiger partial charge >= 0.3 is 0 Å². The summed E-state index contributed by atoms with van der Waals surface area (Å²) in [5.74, 6) is 0. The maximum absolute atomic E-state index is 9.19. The standard InChI is InChI=1S/C8H12O/c9-7-6-8(7)4-2-1-3-5-8/h2,4,7,9H,1,3,5-6H2. The number of hydrogen-bond donors (Lipinski definition) is 1. The fraction of sp³-hybridized carbons (Fsp3) is 0.750. The van der Waals surface area contributed by atoms with Gasteiger partial charge in [0.15, 0.2) is 0 Å². The lowest BCUT2D eigenvalue weighted by atomic mass is 9.93. The van der Waals surface area contributed by atoms with Crippen LogP contribution < -0.4 is 0 Å². The first kappa shape index (κ1) is 5.48. The van der Waals surface area contributed by atoms with Crippen molar-refractivity contribution >= 4 is 0 Å². The smallest absolute Gasteiger partial charge is 0.0641 e. The highest BCUT2D eigenvalue weighted by Crippen LogP contribution is 2.52. The van der Waals surface area contributed by atoms with E-state index in [-0.39, 0.29) is 11.5 Å². The summed E-state index contributed by atoms with van der Waals surface area (Å²) in [6.45, 7) is 0. The maximum Gasteiger partial charge on any atom is 0.0641 e. The summed E-state index contributed by atoms with van der Waals surface area (Å²) < 4.78 is 0. The van der Waals surface area contributed by atoms with Crippen LogP contribution in [0, 0.1) is 5.41 Å².